The van der Waals surface area contributed by atoms with Gasteiger partial charge in [0, 0.05) is 18.8 Å². The molecule has 1 saturated carbocycles. The molecule has 2 N–H and O–H groups in total. The van der Waals surface area contributed by atoms with Gasteiger partial charge >= 0.3 is 6.03 Å². The van der Waals surface area contributed by atoms with E-state index in [9.17, 15) is 4.79 Å². The van der Waals surface area contributed by atoms with Gasteiger partial charge < -0.3 is 24.8 Å². The van der Waals surface area contributed by atoms with Gasteiger partial charge in [-0.15, -0.1) is 0 Å². The normalized spacial score (nSPS) is 13.1. The number of urea groups is 1. The van der Waals surface area contributed by atoms with Crippen LogP contribution in [0.5, 0.6) is 11.5 Å². The quantitative estimate of drug-likeness (QED) is 0.650. The number of methoxy groups -OCH3 is 2. The highest BCUT2D eigenvalue weighted by Gasteiger charge is 2.21. The summed E-state index contributed by atoms with van der Waals surface area (Å²) in [7, 11) is 3.22. The molecule has 1 aliphatic carbocycles. The smallest absolute Gasteiger partial charge is 0.319 e. The number of carbonyl (C=O) groups excluding carboxylic acids is 1. The van der Waals surface area contributed by atoms with E-state index in [-0.39, 0.29) is 6.03 Å². The third-order valence-corrected chi connectivity index (χ3v) is 4.65. The van der Waals surface area contributed by atoms with E-state index in [0.29, 0.717) is 31.1 Å². The van der Waals surface area contributed by atoms with Crippen LogP contribution >= 0.6 is 0 Å². The summed E-state index contributed by atoms with van der Waals surface area (Å²) in [6.45, 7) is 1.92. The molecule has 0 radical (unpaired) electrons. The number of amides is 2. The third-order valence-electron chi connectivity index (χ3n) is 4.65. The summed E-state index contributed by atoms with van der Waals surface area (Å²) < 4.78 is 16.2. The molecule has 0 aliphatic heterocycles. The minimum absolute atomic E-state index is 0.225. The minimum atomic E-state index is -0.225. The summed E-state index contributed by atoms with van der Waals surface area (Å²) in [5.41, 5.74) is 2.88. The first-order valence-corrected chi connectivity index (χ1v) is 9.60. The Morgan fingerprint density at radius 1 is 1.04 bits per heavy atom. The first-order valence-electron chi connectivity index (χ1n) is 9.60. The average molecular weight is 384 g/mol. The Bertz CT molecular complexity index is 790. The molecular formula is C22H28N2O4. The van der Waals surface area contributed by atoms with Crippen molar-refractivity contribution >= 4 is 11.7 Å². The van der Waals surface area contributed by atoms with E-state index >= 15 is 0 Å². The van der Waals surface area contributed by atoms with E-state index < -0.39 is 0 Å². The van der Waals surface area contributed by atoms with Crippen molar-refractivity contribution in [3.05, 3.63) is 53.6 Å². The molecule has 150 valence electrons. The number of hydrogen-bond donors (Lipinski definition) is 2. The molecule has 0 unspecified atom stereocenters. The van der Waals surface area contributed by atoms with Crippen LogP contribution in [0.4, 0.5) is 10.5 Å². The lowest BCUT2D eigenvalue weighted by Gasteiger charge is -2.11. The second-order valence-electron chi connectivity index (χ2n) is 6.98. The molecule has 0 atom stereocenters. The largest absolute Gasteiger partial charge is 0.493 e. The lowest BCUT2D eigenvalue weighted by Crippen LogP contribution is -2.30. The summed E-state index contributed by atoms with van der Waals surface area (Å²) in [4.78, 5) is 12.2. The zero-order chi connectivity index (χ0) is 19.8. The highest BCUT2D eigenvalue weighted by molar-refractivity contribution is 5.89. The molecule has 1 fully saturated rings. The number of anilines is 1. The van der Waals surface area contributed by atoms with Gasteiger partial charge in [-0.25, -0.2) is 4.79 Å². The molecule has 0 spiro atoms. The average Bonchev–Trinajstić information content (AvgIpc) is 3.52. The van der Waals surface area contributed by atoms with Crippen LogP contribution < -0.4 is 20.1 Å². The van der Waals surface area contributed by atoms with Crippen LogP contribution in [-0.2, 0) is 17.8 Å². The van der Waals surface area contributed by atoms with Gasteiger partial charge in [0.1, 0.15) is 0 Å². The van der Waals surface area contributed by atoms with Crippen LogP contribution in [0.15, 0.2) is 42.5 Å². The van der Waals surface area contributed by atoms with Gasteiger partial charge in [0.15, 0.2) is 11.5 Å². The van der Waals surface area contributed by atoms with Crippen LogP contribution in [0.25, 0.3) is 0 Å². The van der Waals surface area contributed by atoms with E-state index in [0.717, 1.165) is 29.3 Å². The van der Waals surface area contributed by atoms with Crippen LogP contribution in [-0.4, -0.2) is 33.4 Å². The zero-order valence-corrected chi connectivity index (χ0v) is 16.5. The topological polar surface area (TPSA) is 68.8 Å². The fourth-order valence-corrected chi connectivity index (χ4v) is 2.90. The van der Waals surface area contributed by atoms with Crippen molar-refractivity contribution in [1.29, 1.82) is 0 Å². The zero-order valence-electron chi connectivity index (χ0n) is 16.5. The molecule has 28 heavy (non-hydrogen) atoms. The van der Waals surface area contributed by atoms with Crippen molar-refractivity contribution in [1.82, 2.24) is 5.32 Å². The van der Waals surface area contributed by atoms with Crippen LogP contribution in [0.1, 0.15) is 24.0 Å². The van der Waals surface area contributed by atoms with Crippen molar-refractivity contribution in [2.24, 2.45) is 5.92 Å². The van der Waals surface area contributed by atoms with Gasteiger partial charge in [0.05, 0.1) is 20.8 Å². The number of ether oxygens (including phenoxy) is 3. The SMILES string of the molecule is COc1ccc(CCNC(=O)Nc2cccc(COCC3CC3)c2)cc1OC. The Balaban J connectivity index is 1.42. The fourth-order valence-electron chi connectivity index (χ4n) is 2.90. The number of hydrogen-bond acceptors (Lipinski definition) is 4. The van der Waals surface area contributed by atoms with Crippen molar-refractivity contribution in [3.8, 4) is 11.5 Å². The van der Waals surface area contributed by atoms with Crippen LogP contribution in [0.3, 0.4) is 0 Å². The van der Waals surface area contributed by atoms with Gasteiger partial charge in [-0.05, 0) is 60.6 Å². The summed E-state index contributed by atoms with van der Waals surface area (Å²) in [5.74, 6) is 2.13. The molecule has 6 heteroatoms. The van der Waals surface area contributed by atoms with Gasteiger partial charge in [-0.2, -0.15) is 0 Å². The predicted octanol–water partition coefficient (Wildman–Crippen LogP) is 3.99. The molecule has 0 aromatic heterocycles. The number of carbonyl (C=O) groups is 1. The second kappa shape index (κ2) is 9.99. The van der Waals surface area contributed by atoms with Crippen molar-refractivity contribution in [2.75, 3.05) is 32.7 Å². The fraction of sp³-hybridized carbons (Fsp3) is 0.409. The number of rotatable bonds is 10. The Hall–Kier alpha value is -2.73. The van der Waals surface area contributed by atoms with Crippen molar-refractivity contribution in [3.63, 3.8) is 0 Å². The minimum Gasteiger partial charge on any atom is -0.493 e. The summed E-state index contributed by atoms with van der Waals surface area (Å²) in [6.07, 6.45) is 3.26. The van der Waals surface area contributed by atoms with Gasteiger partial charge in [-0.1, -0.05) is 18.2 Å². The third kappa shape index (κ3) is 6.16. The molecule has 2 amide bonds. The first-order chi connectivity index (χ1) is 13.7. The lowest BCUT2D eigenvalue weighted by atomic mass is 10.1. The summed E-state index contributed by atoms with van der Waals surface area (Å²) >= 11 is 0. The maximum atomic E-state index is 12.2. The highest BCUT2D eigenvalue weighted by atomic mass is 16.5. The molecule has 6 nitrogen and oxygen atoms in total. The van der Waals surface area contributed by atoms with E-state index in [1.807, 2.05) is 42.5 Å². The van der Waals surface area contributed by atoms with E-state index in [4.69, 9.17) is 14.2 Å². The van der Waals surface area contributed by atoms with Crippen molar-refractivity contribution < 1.29 is 19.0 Å². The standard InChI is InChI=1S/C22H28N2O4/c1-26-20-9-8-16(13-21(20)27-2)10-11-23-22(25)24-19-5-3-4-18(12-19)15-28-14-17-6-7-17/h3-5,8-9,12-13,17H,6-7,10-11,14-15H2,1-2H3,(H2,23,24,25). The first kappa shape index (κ1) is 20.0. The molecule has 0 bridgehead atoms. The Morgan fingerprint density at radius 2 is 1.86 bits per heavy atom. The van der Waals surface area contributed by atoms with Crippen molar-refractivity contribution in [2.45, 2.75) is 25.9 Å². The summed E-state index contributed by atoms with van der Waals surface area (Å²) in [5, 5.41) is 5.75. The lowest BCUT2D eigenvalue weighted by molar-refractivity contribution is 0.111. The van der Waals surface area contributed by atoms with Gasteiger partial charge in [-0.3, -0.25) is 0 Å². The van der Waals surface area contributed by atoms with Crippen LogP contribution in [0.2, 0.25) is 0 Å². The number of nitrogens with one attached hydrogen (secondary N) is 2. The molecule has 2 aromatic rings. The Kier molecular flexibility index (Phi) is 7.14. The monoisotopic (exact) mass is 384 g/mol. The van der Waals surface area contributed by atoms with E-state index in [1.165, 1.54) is 12.8 Å². The summed E-state index contributed by atoms with van der Waals surface area (Å²) in [6, 6.07) is 13.3. The number of benzene rings is 2. The maximum Gasteiger partial charge on any atom is 0.319 e. The molecular weight excluding hydrogens is 356 g/mol. The Morgan fingerprint density at radius 3 is 2.61 bits per heavy atom. The predicted molar refractivity (Wildman–Crippen MR) is 109 cm³/mol. The highest BCUT2D eigenvalue weighted by Crippen LogP contribution is 2.29. The molecule has 0 heterocycles. The van der Waals surface area contributed by atoms with E-state index in [1.54, 1.807) is 14.2 Å². The maximum absolute atomic E-state index is 12.2. The van der Waals surface area contributed by atoms with Gasteiger partial charge in [0.2, 0.25) is 0 Å². The molecule has 0 saturated heterocycles. The van der Waals surface area contributed by atoms with Gasteiger partial charge in [0.25, 0.3) is 0 Å². The molecule has 3 rings (SSSR count). The van der Waals surface area contributed by atoms with E-state index in [2.05, 4.69) is 10.6 Å². The molecule has 1 aliphatic rings. The Labute approximate surface area is 166 Å². The molecule has 2 aromatic carbocycles. The van der Waals surface area contributed by atoms with Crippen LogP contribution in [0, 0.1) is 5.92 Å². The second-order valence-corrected chi connectivity index (χ2v) is 6.98.